The highest BCUT2D eigenvalue weighted by atomic mass is 79.9. The predicted octanol–water partition coefficient (Wildman–Crippen LogP) is 0.353. The first kappa shape index (κ1) is 19.2. The van der Waals surface area contributed by atoms with Crippen LogP contribution in [0.4, 0.5) is 5.69 Å². The van der Waals surface area contributed by atoms with Crippen LogP contribution < -0.4 is 21.5 Å². The van der Waals surface area contributed by atoms with Crippen LogP contribution in [-0.2, 0) is 4.79 Å². The third kappa shape index (κ3) is 4.24. The Labute approximate surface area is 160 Å². The third-order valence-corrected chi connectivity index (χ3v) is 5.33. The summed E-state index contributed by atoms with van der Waals surface area (Å²) in [6.45, 7) is 3.05. The number of nitrogens with zero attached hydrogens (tertiary/aromatic N) is 1. The van der Waals surface area contributed by atoms with Gasteiger partial charge in [-0.2, -0.15) is 0 Å². The molecule has 2 aliphatic rings. The molecular formula is C17H24BrN5O3. The highest BCUT2D eigenvalue weighted by molar-refractivity contribution is 9.10. The number of amides is 2. The second kappa shape index (κ2) is 8.45. The van der Waals surface area contributed by atoms with Gasteiger partial charge in [-0.15, -0.1) is 0 Å². The Morgan fingerprint density at radius 2 is 2.27 bits per heavy atom. The lowest BCUT2D eigenvalue weighted by Crippen LogP contribution is -2.36. The fraction of sp³-hybridized carbons (Fsp3) is 0.529. The van der Waals surface area contributed by atoms with E-state index in [1.165, 1.54) is 0 Å². The molecule has 0 bridgehead atoms. The summed E-state index contributed by atoms with van der Waals surface area (Å²) in [4.78, 5) is 26.7. The summed E-state index contributed by atoms with van der Waals surface area (Å²) in [6, 6.07) is 2.93. The molecule has 0 aliphatic carbocycles. The largest absolute Gasteiger partial charge is 0.392 e. The summed E-state index contributed by atoms with van der Waals surface area (Å²) in [5.74, 6) is -0.338. The van der Waals surface area contributed by atoms with Gasteiger partial charge < -0.3 is 20.6 Å². The Hall–Kier alpha value is -1.52. The van der Waals surface area contributed by atoms with E-state index < -0.39 is 6.04 Å². The van der Waals surface area contributed by atoms with Crippen LogP contribution in [-0.4, -0.2) is 61.2 Å². The zero-order chi connectivity index (χ0) is 18.7. The molecule has 0 saturated carbocycles. The lowest BCUT2D eigenvalue weighted by atomic mass is 10.1. The van der Waals surface area contributed by atoms with E-state index in [1.54, 1.807) is 19.2 Å². The van der Waals surface area contributed by atoms with Gasteiger partial charge in [-0.1, -0.05) is 15.9 Å². The van der Waals surface area contributed by atoms with Crippen molar-refractivity contribution in [2.45, 2.75) is 25.0 Å². The van der Waals surface area contributed by atoms with Gasteiger partial charge in [-0.25, -0.2) is 5.43 Å². The summed E-state index contributed by atoms with van der Waals surface area (Å²) in [5.41, 5.74) is 7.59. The van der Waals surface area contributed by atoms with Crippen molar-refractivity contribution in [3.8, 4) is 0 Å². The lowest BCUT2D eigenvalue weighted by Gasteiger charge is -2.15. The molecule has 3 rings (SSSR count). The van der Waals surface area contributed by atoms with Gasteiger partial charge in [-0.3, -0.25) is 15.0 Å². The molecule has 9 heteroatoms. The summed E-state index contributed by atoms with van der Waals surface area (Å²) in [6.07, 6.45) is 1.44. The summed E-state index contributed by atoms with van der Waals surface area (Å²) < 4.78 is 0.706. The molecule has 2 atom stereocenters. The van der Waals surface area contributed by atoms with Crippen LogP contribution in [0.5, 0.6) is 0 Å². The molecule has 0 aromatic heterocycles. The molecule has 142 valence electrons. The van der Waals surface area contributed by atoms with E-state index in [0.29, 0.717) is 28.8 Å². The highest BCUT2D eigenvalue weighted by Crippen LogP contribution is 2.37. The average Bonchev–Trinajstić information content (AvgIpc) is 3.15. The number of hydrogen-bond acceptors (Lipinski definition) is 6. The fourth-order valence-corrected chi connectivity index (χ4v) is 4.07. The van der Waals surface area contributed by atoms with Gasteiger partial charge in [0.1, 0.15) is 6.04 Å². The molecule has 0 radical (unpaired) electrons. The van der Waals surface area contributed by atoms with Gasteiger partial charge in [0.25, 0.3) is 5.91 Å². The number of nitrogens with one attached hydrogen (secondary N) is 4. The quantitative estimate of drug-likeness (QED) is 0.319. The second-order valence-corrected chi connectivity index (χ2v) is 7.44. The maximum atomic E-state index is 12.4. The van der Waals surface area contributed by atoms with Crippen molar-refractivity contribution < 1.29 is 14.7 Å². The molecule has 2 unspecified atom stereocenters. The van der Waals surface area contributed by atoms with Crippen LogP contribution in [0.15, 0.2) is 16.6 Å². The number of β-amino-alcohol motifs (C(OH)–C–C–N with tert-alkyl or cyclic N) is 1. The molecule has 2 amide bonds. The fourth-order valence-electron chi connectivity index (χ4n) is 3.39. The molecule has 1 saturated heterocycles. The van der Waals surface area contributed by atoms with Crippen molar-refractivity contribution in [2.75, 3.05) is 38.5 Å². The zero-order valence-electron chi connectivity index (χ0n) is 14.6. The normalized spacial score (nSPS) is 22.3. The third-order valence-electron chi connectivity index (χ3n) is 4.67. The van der Waals surface area contributed by atoms with Crippen LogP contribution in [0.3, 0.4) is 0 Å². The summed E-state index contributed by atoms with van der Waals surface area (Å²) >= 11 is 3.47. The summed E-state index contributed by atoms with van der Waals surface area (Å²) in [7, 11) is 1.70. The smallest absolute Gasteiger partial charge is 0.251 e. The molecule has 1 aromatic carbocycles. The van der Waals surface area contributed by atoms with Crippen molar-refractivity contribution >= 4 is 33.4 Å². The van der Waals surface area contributed by atoms with Crippen LogP contribution in [0, 0.1) is 0 Å². The average molecular weight is 426 g/mol. The highest BCUT2D eigenvalue weighted by Gasteiger charge is 2.33. The van der Waals surface area contributed by atoms with Crippen molar-refractivity contribution in [2.24, 2.45) is 0 Å². The molecule has 1 aromatic rings. The minimum Gasteiger partial charge on any atom is -0.392 e. The van der Waals surface area contributed by atoms with E-state index in [-0.39, 0.29) is 17.9 Å². The minimum atomic E-state index is -0.503. The van der Waals surface area contributed by atoms with E-state index in [2.05, 4.69) is 42.3 Å². The number of anilines is 1. The number of hydrazine groups is 1. The van der Waals surface area contributed by atoms with Crippen LogP contribution in [0.2, 0.25) is 0 Å². The zero-order valence-corrected chi connectivity index (χ0v) is 16.2. The number of halogens is 1. The Morgan fingerprint density at radius 1 is 1.46 bits per heavy atom. The molecule has 0 spiro atoms. The van der Waals surface area contributed by atoms with Gasteiger partial charge in [0, 0.05) is 40.9 Å². The molecule has 5 N–H and O–H groups in total. The van der Waals surface area contributed by atoms with Gasteiger partial charge >= 0.3 is 0 Å². The second-order valence-electron chi connectivity index (χ2n) is 6.59. The van der Waals surface area contributed by atoms with E-state index in [1.807, 2.05) is 0 Å². The molecule has 2 aliphatic heterocycles. The number of aliphatic hydroxyl groups is 1. The van der Waals surface area contributed by atoms with E-state index in [9.17, 15) is 14.7 Å². The van der Waals surface area contributed by atoms with Crippen LogP contribution >= 0.6 is 15.9 Å². The first-order chi connectivity index (χ1) is 12.5. The van der Waals surface area contributed by atoms with Crippen LogP contribution in [0.1, 0.15) is 34.8 Å². The maximum Gasteiger partial charge on any atom is 0.251 e. The number of hydrogen-bond donors (Lipinski definition) is 5. The first-order valence-corrected chi connectivity index (χ1v) is 9.54. The Balaban J connectivity index is 1.56. The van der Waals surface area contributed by atoms with Gasteiger partial charge in [0.2, 0.25) is 5.91 Å². The number of carbonyl (C=O) groups is 2. The Bertz CT molecular complexity index is 699. The van der Waals surface area contributed by atoms with Gasteiger partial charge in [0.05, 0.1) is 6.10 Å². The number of aliphatic hydroxyl groups excluding tert-OH is 1. The number of carbonyl (C=O) groups excluding carboxylic acids is 2. The monoisotopic (exact) mass is 425 g/mol. The first-order valence-electron chi connectivity index (χ1n) is 8.74. The molecular weight excluding hydrogens is 402 g/mol. The molecule has 1 fully saturated rings. The van der Waals surface area contributed by atoms with E-state index >= 15 is 0 Å². The topological polar surface area (TPSA) is 106 Å². The predicted molar refractivity (Wildman–Crippen MR) is 102 cm³/mol. The van der Waals surface area contributed by atoms with E-state index in [0.717, 1.165) is 31.5 Å². The van der Waals surface area contributed by atoms with Crippen molar-refractivity contribution in [1.82, 2.24) is 21.1 Å². The molecule has 8 nitrogen and oxygen atoms in total. The van der Waals surface area contributed by atoms with E-state index in [4.69, 9.17) is 0 Å². The number of likely N-dealkylation sites (tertiary alicyclic amines) is 1. The standard InChI is InChI=1S/C17H24BrN5O3/c1-19-22-15-14-12(18)7-10(8-13(14)21-17(15)26)16(25)20-4-2-5-23-6-3-11(24)9-23/h7-8,11,15,19,22,24H,2-6,9H2,1H3,(H,20,25)(H,21,26). The number of fused-ring (bicyclic) bond motifs is 1. The lowest BCUT2D eigenvalue weighted by molar-refractivity contribution is -0.117. The van der Waals surface area contributed by atoms with Crippen molar-refractivity contribution in [3.05, 3.63) is 27.7 Å². The van der Waals surface area contributed by atoms with Gasteiger partial charge in [0.15, 0.2) is 0 Å². The molecule has 26 heavy (non-hydrogen) atoms. The minimum absolute atomic E-state index is 0.166. The molecule has 2 heterocycles. The number of rotatable bonds is 7. The van der Waals surface area contributed by atoms with Crippen molar-refractivity contribution in [3.63, 3.8) is 0 Å². The Kier molecular flexibility index (Phi) is 6.25. The maximum absolute atomic E-state index is 12.4. The SMILES string of the molecule is CNNC1C(=O)Nc2cc(C(=O)NCCCN3CCC(O)C3)cc(Br)c21. The number of benzene rings is 1. The van der Waals surface area contributed by atoms with Crippen LogP contribution in [0.25, 0.3) is 0 Å². The van der Waals surface area contributed by atoms with Crippen molar-refractivity contribution in [1.29, 1.82) is 0 Å². The Morgan fingerprint density at radius 3 is 2.96 bits per heavy atom. The van der Waals surface area contributed by atoms with Gasteiger partial charge in [-0.05, 0) is 38.6 Å². The summed E-state index contributed by atoms with van der Waals surface area (Å²) in [5, 5.41) is 15.2.